The molecule has 2 aliphatic rings. The van der Waals surface area contributed by atoms with Crippen LogP contribution in [0.1, 0.15) is 56.9 Å². The van der Waals surface area contributed by atoms with Crippen molar-refractivity contribution < 1.29 is 27.1 Å². The topological polar surface area (TPSA) is 92.8 Å². The summed E-state index contributed by atoms with van der Waals surface area (Å²) >= 11 is 0. The van der Waals surface area contributed by atoms with Gasteiger partial charge in [0, 0.05) is 12.6 Å². The third-order valence-electron chi connectivity index (χ3n) is 5.75. The Morgan fingerprint density at radius 2 is 1.97 bits per heavy atom. The van der Waals surface area contributed by atoms with E-state index in [1.807, 2.05) is 6.92 Å². The Bertz CT molecular complexity index is 901. The number of sulfone groups is 1. The van der Waals surface area contributed by atoms with Crippen molar-refractivity contribution in [3.8, 4) is 5.75 Å². The zero-order valence-electron chi connectivity index (χ0n) is 17.9. The van der Waals surface area contributed by atoms with Crippen LogP contribution in [0.4, 0.5) is 9.18 Å². The lowest BCUT2D eigenvalue weighted by atomic mass is 9.98. The number of carbonyl (C=O) groups excluding carboxylic acids is 2. The molecule has 0 unspecified atom stereocenters. The summed E-state index contributed by atoms with van der Waals surface area (Å²) in [7, 11) is -3.31. The van der Waals surface area contributed by atoms with Crippen molar-refractivity contribution in [2.45, 2.75) is 51.4 Å². The molecule has 9 heteroatoms. The molecule has 1 aromatic carbocycles. The van der Waals surface area contributed by atoms with Gasteiger partial charge in [0.1, 0.15) is 18.1 Å². The highest BCUT2D eigenvalue weighted by molar-refractivity contribution is 7.91. The fourth-order valence-electron chi connectivity index (χ4n) is 3.71. The summed E-state index contributed by atoms with van der Waals surface area (Å²) in [5, 5.41) is 2.22. The van der Waals surface area contributed by atoms with Gasteiger partial charge in [0.25, 0.3) is 0 Å². The van der Waals surface area contributed by atoms with Crippen LogP contribution in [0.5, 0.6) is 5.75 Å². The van der Waals surface area contributed by atoms with Crippen molar-refractivity contribution in [3.05, 3.63) is 29.6 Å². The molecule has 7 nitrogen and oxygen atoms in total. The van der Waals surface area contributed by atoms with Crippen LogP contribution in [0.25, 0.3) is 0 Å². The highest BCUT2D eigenvalue weighted by Gasteiger charge is 2.26. The summed E-state index contributed by atoms with van der Waals surface area (Å²) in [6.45, 7) is 2.97. The molecule has 1 aromatic rings. The molecule has 1 saturated heterocycles. The molecule has 1 N–H and O–H groups in total. The molecule has 0 spiro atoms. The Morgan fingerprint density at radius 1 is 1.19 bits per heavy atom. The maximum absolute atomic E-state index is 14.1. The molecule has 2 fully saturated rings. The Kier molecular flexibility index (Phi) is 7.91. The number of urea groups is 1. The molecule has 1 saturated carbocycles. The third-order valence-corrected chi connectivity index (χ3v) is 7.57. The van der Waals surface area contributed by atoms with E-state index in [-0.39, 0.29) is 35.9 Å². The van der Waals surface area contributed by atoms with Crippen molar-refractivity contribution >= 4 is 21.8 Å². The SMILES string of the molecule is CC[C@@H](CS(=O)(=O)CCCCCN1CC(=O)NC1=O)c1cc(F)cc(OCC2CC2)c1. The van der Waals surface area contributed by atoms with Crippen LogP contribution in [0.2, 0.25) is 0 Å². The first kappa shape index (κ1) is 23.5. The summed E-state index contributed by atoms with van der Waals surface area (Å²) in [6.07, 6.45) is 4.64. The van der Waals surface area contributed by atoms with Crippen molar-refractivity contribution in [2.24, 2.45) is 5.92 Å². The van der Waals surface area contributed by atoms with Gasteiger partial charge in [0.05, 0.1) is 18.1 Å². The summed E-state index contributed by atoms with van der Waals surface area (Å²) in [5.74, 6) is 0.0209. The lowest BCUT2D eigenvalue weighted by molar-refractivity contribution is -0.118. The predicted molar refractivity (Wildman–Crippen MR) is 115 cm³/mol. The van der Waals surface area contributed by atoms with Gasteiger partial charge in [-0.05, 0) is 61.6 Å². The van der Waals surface area contributed by atoms with E-state index in [0.29, 0.717) is 56.1 Å². The highest BCUT2D eigenvalue weighted by Crippen LogP contribution is 2.31. The van der Waals surface area contributed by atoms with Gasteiger partial charge in [-0.2, -0.15) is 0 Å². The highest BCUT2D eigenvalue weighted by atomic mass is 32.2. The number of hydrogen-bond acceptors (Lipinski definition) is 5. The van der Waals surface area contributed by atoms with Gasteiger partial charge in [0.2, 0.25) is 5.91 Å². The van der Waals surface area contributed by atoms with Gasteiger partial charge in [-0.15, -0.1) is 0 Å². The van der Waals surface area contributed by atoms with Crippen LogP contribution in [-0.2, 0) is 14.6 Å². The molecule has 0 bridgehead atoms. The zero-order chi connectivity index (χ0) is 22.4. The second-order valence-electron chi connectivity index (χ2n) is 8.53. The number of rotatable bonds is 13. The first-order valence-electron chi connectivity index (χ1n) is 11.0. The third kappa shape index (κ3) is 7.48. The van der Waals surface area contributed by atoms with Crippen molar-refractivity contribution in [3.63, 3.8) is 0 Å². The fourth-order valence-corrected chi connectivity index (χ4v) is 5.56. The standard InChI is InChI=1S/C22H31FN2O5S/c1-2-17(18-10-19(23)12-20(11-18)30-14-16-6-7-16)15-31(28,29)9-5-3-4-8-25-13-21(26)24-22(25)27/h10-12,16-17H,2-9,13-15H2,1H3,(H,24,26,27)/t17-/m0/s1. The first-order chi connectivity index (χ1) is 14.8. The minimum atomic E-state index is -3.31. The lowest BCUT2D eigenvalue weighted by Crippen LogP contribution is -2.29. The van der Waals surface area contributed by atoms with E-state index in [1.54, 1.807) is 6.07 Å². The molecule has 172 valence electrons. The molecule has 1 atom stereocenters. The fraction of sp³-hybridized carbons (Fsp3) is 0.636. The van der Waals surface area contributed by atoms with Crippen molar-refractivity contribution in [1.82, 2.24) is 10.2 Å². The Balaban J connectivity index is 1.47. The van der Waals surface area contributed by atoms with Crippen LogP contribution >= 0.6 is 0 Å². The van der Waals surface area contributed by atoms with Gasteiger partial charge in [-0.3, -0.25) is 10.1 Å². The van der Waals surface area contributed by atoms with Gasteiger partial charge in [-0.25, -0.2) is 17.6 Å². The number of unbranched alkanes of at least 4 members (excludes halogenated alkanes) is 2. The number of nitrogens with zero attached hydrogens (tertiary/aromatic N) is 1. The number of halogens is 1. The van der Waals surface area contributed by atoms with Crippen molar-refractivity contribution in [1.29, 1.82) is 0 Å². The van der Waals surface area contributed by atoms with Crippen molar-refractivity contribution in [2.75, 3.05) is 31.2 Å². The van der Waals surface area contributed by atoms with Gasteiger partial charge in [0.15, 0.2) is 9.84 Å². The van der Waals surface area contributed by atoms with Crippen LogP contribution in [-0.4, -0.2) is 56.5 Å². The molecular formula is C22H31FN2O5S. The maximum atomic E-state index is 14.1. The van der Waals surface area contributed by atoms with E-state index < -0.39 is 15.7 Å². The summed E-state index contributed by atoms with van der Waals surface area (Å²) < 4.78 is 45.0. The largest absolute Gasteiger partial charge is 0.493 e. The summed E-state index contributed by atoms with van der Waals surface area (Å²) in [4.78, 5) is 24.1. The molecule has 0 radical (unpaired) electrons. The minimum absolute atomic E-state index is 0.0297. The van der Waals surface area contributed by atoms with E-state index in [2.05, 4.69) is 5.32 Å². The number of amides is 3. The Hall–Kier alpha value is -2.16. The van der Waals surface area contributed by atoms with Gasteiger partial charge in [-0.1, -0.05) is 13.3 Å². The van der Waals surface area contributed by atoms with E-state index in [4.69, 9.17) is 4.74 Å². The molecule has 1 aliphatic heterocycles. The average Bonchev–Trinajstić information content (AvgIpc) is 3.47. The average molecular weight is 455 g/mol. The van der Waals surface area contributed by atoms with E-state index >= 15 is 0 Å². The zero-order valence-corrected chi connectivity index (χ0v) is 18.8. The number of hydrogen-bond donors (Lipinski definition) is 1. The second kappa shape index (κ2) is 10.4. The molecule has 31 heavy (non-hydrogen) atoms. The molecule has 3 amide bonds. The Labute approximate surface area is 183 Å². The Morgan fingerprint density at radius 3 is 2.61 bits per heavy atom. The van der Waals surface area contributed by atoms with Crippen LogP contribution in [0.15, 0.2) is 18.2 Å². The number of imide groups is 1. The molecule has 1 heterocycles. The predicted octanol–water partition coefficient (Wildman–Crippen LogP) is 3.25. The molecule has 1 aliphatic carbocycles. The van der Waals surface area contributed by atoms with Crippen LogP contribution < -0.4 is 10.1 Å². The molecule has 0 aromatic heterocycles. The normalized spacial score (nSPS) is 17.7. The number of ether oxygens (including phenoxy) is 1. The maximum Gasteiger partial charge on any atom is 0.324 e. The second-order valence-corrected chi connectivity index (χ2v) is 10.8. The quantitative estimate of drug-likeness (QED) is 0.365. The number of carbonyl (C=O) groups is 2. The summed E-state index contributed by atoms with van der Waals surface area (Å²) in [6, 6.07) is 4.12. The number of benzene rings is 1. The number of nitrogens with one attached hydrogen (secondary N) is 1. The summed E-state index contributed by atoms with van der Waals surface area (Å²) in [5.41, 5.74) is 0.654. The van der Waals surface area contributed by atoms with E-state index in [0.717, 1.165) is 12.8 Å². The van der Waals surface area contributed by atoms with Gasteiger partial charge >= 0.3 is 6.03 Å². The van der Waals surface area contributed by atoms with E-state index in [1.165, 1.54) is 17.0 Å². The smallest absolute Gasteiger partial charge is 0.324 e. The monoisotopic (exact) mass is 454 g/mol. The van der Waals surface area contributed by atoms with Gasteiger partial charge < -0.3 is 9.64 Å². The van der Waals surface area contributed by atoms with Crippen LogP contribution in [0, 0.1) is 11.7 Å². The van der Waals surface area contributed by atoms with E-state index in [9.17, 15) is 22.4 Å². The van der Waals surface area contributed by atoms with Crippen LogP contribution in [0.3, 0.4) is 0 Å². The lowest BCUT2D eigenvalue weighted by Gasteiger charge is -2.17. The minimum Gasteiger partial charge on any atom is -0.493 e. The molecular weight excluding hydrogens is 423 g/mol. The first-order valence-corrected chi connectivity index (χ1v) is 12.8. The molecule has 3 rings (SSSR count).